The van der Waals surface area contributed by atoms with E-state index in [1.807, 2.05) is 12.1 Å². The zero-order valence-electron chi connectivity index (χ0n) is 17.7. The third-order valence-electron chi connectivity index (χ3n) is 7.52. The van der Waals surface area contributed by atoms with E-state index in [1.165, 1.54) is 31.2 Å². The van der Waals surface area contributed by atoms with E-state index in [2.05, 4.69) is 90.7 Å². The lowest BCUT2D eigenvalue weighted by Gasteiger charge is -2.59. The van der Waals surface area contributed by atoms with Crippen LogP contribution in [0.2, 0.25) is 0 Å². The Bertz CT molecular complexity index is 908. The third kappa shape index (κ3) is 3.19. The molecule has 0 amide bonds. The van der Waals surface area contributed by atoms with Crippen molar-refractivity contribution in [1.82, 2.24) is 4.90 Å². The number of piperidine rings is 2. The maximum atomic E-state index is 12.6. The third-order valence-corrected chi connectivity index (χ3v) is 7.52. The quantitative estimate of drug-likeness (QED) is 0.577. The molecule has 2 saturated heterocycles. The molecule has 2 aliphatic heterocycles. The fourth-order valence-electron chi connectivity index (χ4n) is 6.10. The van der Waals surface area contributed by atoms with Gasteiger partial charge in [0.15, 0.2) is 0 Å². The summed E-state index contributed by atoms with van der Waals surface area (Å²) >= 11 is 0. The second-order valence-electron chi connectivity index (χ2n) is 9.05. The fourth-order valence-corrected chi connectivity index (χ4v) is 6.10. The number of benzene rings is 3. The maximum absolute atomic E-state index is 12.6. The van der Waals surface area contributed by atoms with Gasteiger partial charge in [0.05, 0.1) is 6.04 Å². The number of hydrogen-bond donors (Lipinski definition) is 1. The Labute approximate surface area is 180 Å². The topological polar surface area (TPSA) is 23.5 Å². The minimum Gasteiger partial charge on any atom is -0.379 e. The van der Waals surface area contributed by atoms with Gasteiger partial charge in [-0.1, -0.05) is 91.0 Å². The molecule has 1 N–H and O–H groups in total. The monoisotopic (exact) mass is 397 g/mol. The van der Waals surface area contributed by atoms with Gasteiger partial charge < -0.3 is 5.11 Å². The first kappa shape index (κ1) is 19.5. The summed E-state index contributed by atoms with van der Waals surface area (Å²) in [6, 6.07) is 32.3. The highest BCUT2D eigenvalue weighted by Crippen LogP contribution is 2.51. The van der Waals surface area contributed by atoms with Crippen molar-refractivity contribution in [2.75, 3.05) is 0 Å². The molecule has 3 aromatic rings. The summed E-state index contributed by atoms with van der Waals surface area (Å²) in [6.45, 7) is 2.32. The van der Waals surface area contributed by atoms with Gasteiger partial charge >= 0.3 is 0 Å². The van der Waals surface area contributed by atoms with Gasteiger partial charge in [-0.2, -0.15) is 0 Å². The molecule has 1 saturated carbocycles. The summed E-state index contributed by atoms with van der Waals surface area (Å²) in [4.78, 5) is 2.66. The molecule has 2 bridgehead atoms. The summed E-state index contributed by atoms with van der Waals surface area (Å²) in [7, 11) is 0. The van der Waals surface area contributed by atoms with Gasteiger partial charge in [0.25, 0.3) is 0 Å². The van der Waals surface area contributed by atoms with Gasteiger partial charge in [0.1, 0.15) is 5.60 Å². The lowest BCUT2D eigenvalue weighted by atomic mass is 9.64. The van der Waals surface area contributed by atoms with Crippen LogP contribution < -0.4 is 0 Å². The van der Waals surface area contributed by atoms with E-state index < -0.39 is 5.60 Å². The first-order valence-corrected chi connectivity index (χ1v) is 11.4. The van der Waals surface area contributed by atoms with Crippen molar-refractivity contribution in [3.63, 3.8) is 0 Å². The molecule has 2 heteroatoms. The van der Waals surface area contributed by atoms with E-state index >= 15 is 0 Å². The van der Waals surface area contributed by atoms with Gasteiger partial charge in [0.2, 0.25) is 0 Å². The summed E-state index contributed by atoms with van der Waals surface area (Å²) in [5, 5.41) is 12.6. The molecule has 2 heterocycles. The number of aliphatic hydroxyl groups is 1. The molecule has 0 aromatic heterocycles. The molecular formula is C28H31NO. The van der Waals surface area contributed by atoms with E-state index in [4.69, 9.17) is 0 Å². The second kappa shape index (κ2) is 8.02. The normalized spacial score (nSPS) is 25.2. The minimum atomic E-state index is -1.03. The molecule has 2 nitrogen and oxygen atoms in total. The van der Waals surface area contributed by atoms with Crippen LogP contribution >= 0.6 is 0 Å². The van der Waals surface area contributed by atoms with E-state index in [1.54, 1.807) is 0 Å². The number of hydrogen-bond acceptors (Lipinski definition) is 2. The van der Waals surface area contributed by atoms with Crippen LogP contribution in [0.25, 0.3) is 0 Å². The summed E-state index contributed by atoms with van der Waals surface area (Å²) in [5.41, 5.74) is 2.30. The van der Waals surface area contributed by atoms with Crippen molar-refractivity contribution >= 4 is 0 Å². The van der Waals surface area contributed by atoms with Crippen LogP contribution in [0.1, 0.15) is 55.3 Å². The molecule has 154 valence electrons. The SMILES string of the molecule is C[C@H](c1ccccc1)N1C2CCC(CC2)[C@H]1C(O)(c1ccccc1)c1ccccc1. The molecule has 3 aromatic carbocycles. The Balaban J connectivity index is 1.66. The van der Waals surface area contributed by atoms with E-state index in [0.717, 1.165) is 11.1 Å². The Hall–Kier alpha value is -2.42. The van der Waals surface area contributed by atoms with Crippen molar-refractivity contribution in [1.29, 1.82) is 0 Å². The fraction of sp³-hybridized carbons (Fsp3) is 0.357. The maximum Gasteiger partial charge on any atom is 0.130 e. The highest BCUT2D eigenvalue weighted by Gasteiger charge is 2.54. The second-order valence-corrected chi connectivity index (χ2v) is 9.05. The molecule has 1 aliphatic carbocycles. The van der Waals surface area contributed by atoms with Crippen LogP contribution in [0, 0.1) is 5.92 Å². The molecule has 3 fully saturated rings. The standard InChI is InChI=1S/C28H31NO/c1-21(22-11-5-2-6-12-22)29-26-19-17-23(18-20-26)27(29)28(30,24-13-7-3-8-14-24)25-15-9-4-10-16-25/h2-16,21,23,26-27,30H,17-20H2,1H3/t21-,23?,26?,27+/m1/s1. The lowest BCUT2D eigenvalue weighted by molar-refractivity contribution is -0.130. The van der Waals surface area contributed by atoms with Crippen molar-refractivity contribution in [2.24, 2.45) is 5.92 Å². The summed E-state index contributed by atoms with van der Waals surface area (Å²) < 4.78 is 0. The molecule has 6 rings (SSSR count). The Morgan fingerprint density at radius 2 is 1.20 bits per heavy atom. The van der Waals surface area contributed by atoms with Gasteiger partial charge in [0, 0.05) is 12.1 Å². The van der Waals surface area contributed by atoms with Crippen molar-refractivity contribution in [3.8, 4) is 0 Å². The van der Waals surface area contributed by atoms with Crippen molar-refractivity contribution < 1.29 is 5.11 Å². The van der Waals surface area contributed by atoms with E-state index in [0.29, 0.717) is 12.0 Å². The molecule has 0 unspecified atom stereocenters. The van der Waals surface area contributed by atoms with E-state index in [-0.39, 0.29) is 12.1 Å². The number of nitrogens with zero attached hydrogens (tertiary/aromatic N) is 1. The summed E-state index contributed by atoms with van der Waals surface area (Å²) in [6.07, 6.45) is 4.88. The average Bonchev–Trinajstić information content (AvgIpc) is 2.85. The average molecular weight is 398 g/mol. The molecule has 2 atom stereocenters. The van der Waals surface area contributed by atoms with Crippen LogP contribution in [0.5, 0.6) is 0 Å². The molecule has 0 radical (unpaired) electrons. The van der Waals surface area contributed by atoms with Gasteiger partial charge in [-0.15, -0.1) is 0 Å². The predicted octanol–water partition coefficient (Wildman–Crippen LogP) is 5.93. The van der Waals surface area contributed by atoms with E-state index in [9.17, 15) is 5.11 Å². The van der Waals surface area contributed by atoms with Gasteiger partial charge in [-0.05, 0) is 55.2 Å². The van der Waals surface area contributed by atoms with Crippen molar-refractivity contribution in [2.45, 2.75) is 56.3 Å². The van der Waals surface area contributed by atoms with Gasteiger partial charge in [-0.3, -0.25) is 4.90 Å². The number of rotatable bonds is 5. The highest BCUT2D eigenvalue weighted by molar-refractivity contribution is 5.39. The largest absolute Gasteiger partial charge is 0.379 e. The Morgan fingerprint density at radius 1 is 0.733 bits per heavy atom. The molecule has 3 aliphatic rings. The molecule has 0 spiro atoms. The predicted molar refractivity (Wildman–Crippen MR) is 122 cm³/mol. The van der Waals surface area contributed by atoms with Gasteiger partial charge in [-0.25, -0.2) is 0 Å². The smallest absolute Gasteiger partial charge is 0.130 e. The molecular weight excluding hydrogens is 366 g/mol. The summed E-state index contributed by atoms with van der Waals surface area (Å²) in [5.74, 6) is 0.492. The number of fused-ring (bicyclic) bond motifs is 3. The first-order chi connectivity index (χ1) is 14.7. The molecule has 30 heavy (non-hydrogen) atoms. The minimum absolute atomic E-state index is 0.0602. The Morgan fingerprint density at radius 3 is 1.70 bits per heavy atom. The van der Waals surface area contributed by atoms with Crippen LogP contribution in [0.15, 0.2) is 91.0 Å². The first-order valence-electron chi connectivity index (χ1n) is 11.4. The zero-order chi connectivity index (χ0) is 20.6. The van der Waals surface area contributed by atoms with Crippen LogP contribution in [-0.4, -0.2) is 22.1 Å². The lowest BCUT2D eigenvalue weighted by Crippen LogP contribution is -2.64. The van der Waals surface area contributed by atoms with Crippen LogP contribution in [0.3, 0.4) is 0 Å². The van der Waals surface area contributed by atoms with Crippen LogP contribution in [-0.2, 0) is 5.60 Å². The van der Waals surface area contributed by atoms with Crippen LogP contribution in [0.4, 0.5) is 0 Å². The zero-order valence-corrected chi connectivity index (χ0v) is 17.7. The highest BCUT2D eigenvalue weighted by atomic mass is 16.3. The van der Waals surface area contributed by atoms with Crippen molar-refractivity contribution in [3.05, 3.63) is 108 Å². The Kier molecular flexibility index (Phi) is 5.22.